The Bertz CT molecular complexity index is 1570. The number of phenolic OH excluding ortho intramolecular Hbond substituents is 1. The minimum Gasteiger partial charge on any atom is -0.506 e. The fraction of sp³-hybridized carbons (Fsp3) is 0. The molecule has 4 nitrogen and oxygen atoms in total. The predicted molar refractivity (Wildman–Crippen MR) is 129 cm³/mol. The van der Waals surface area contributed by atoms with E-state index < -0.39 is 0 Å². The number of benzene rings is 4. The van der Waals surface area contributed by atoms with Crippen molar-refractivity contribution in [2.24, 2.45) is 0 Å². The average molecular weight is 413 g/mol. The number of fused-ring (bicyclic) bond motifs is 2. The lowest BCUT2D eigenvalue weighted by atomic mass is 9.99. The highest BCUT2D eigenvalue weighted by Gasteiger charge is 2.14. The van der Waals surface area contributed by atoms with Crippen LogP contribution in [-0.2, 0) is 0 Å². The molecular formula is C28H19N3O. The van der Waals surface area contributed by atoms with Crippen LogP contribution in [0.5, 0.6) is 5.75 Å². The van der Waals surface area contributed by atoms with Gasteiger partial charge >= 0.3 is 0 Å². The lowest BCUT2D eigenvalue weighted by molar-refractivity contribution is 0.480. The third kappa shape index (κ3) is 2.93. The number of hydrogen-bond donors (Lipinski definition) is 1. The SMILES string of the molecule is Oc1ccc(-c2ccc(-c3nc4ccccc4n3-c3ccccc3)cc2)c2cccnc12. The van der Waals surface area contributed by atoms with E-state index in [0.717, 1.165) is 44.6 Å². The first-order valence-electron chi connectivity index (χ1n) is 10.5. The molecule has 4 heteroatoms. The average Bonchev–Trinajstić information content (AvgIpc) is 3.25. The van der Waals surface area contributed by atoms with Crippen LogP contribution >= 0.6 is 0 Å². The summed E-state index contributed by atoms with van der Waals surface area (Å²) in [6, 6.07) is 34.4. The van der Waals surface area contributed by atoms with Gasteiger partial charge in [-0.05, 0) is 53.6 Å². The van der Waals surface area contributed by atoms with Gasteiger partial charge in [-0.25, -0.2) is 4.98 Å². The molecule has 152 valence electrons. The van der Waals surface area contributed by atoms with Crippen LogP contribution in [0.3, 0.4) is 0 Å². The number of aromatic hydroxyl groups is 1. The first-order chi connectivity index (χ1) is 15.8. The van der Waals surface area contributed by atoms with Gasteiger partial charge in [0, 0.05) is 22.8 Å². The van der Waals surface area contributed by atoms with Crippen molar-refractivity contribution in [1.82, 2.24) is 14.5 Å². The zero-order valence-corrected chi connectivity index (χ0v) is 17.2. The molecule has 0 aliphatic carbocycles. The number of imidazole rings is 1. The summed E-state index contributed by atoms with van der Waals surface area (Å²) in [5.41, 5.74) is 6.87. The second-order valence-corrected chi connectivity index (χ2v) is 7.70. The number of nitrogens with zero attached hydrogens (tertiary/aromatic N) is 3. The van der Waals surface area contributed by atoms with Crippen LogP contribution in [0.2, 0.25) is 0 Å². The Morgan fingerprint density at radius 3 is 2.25 bits per heavy atom. The minimum absolute atomic E-state index is 0.192. The molecular weight excluding hydrogens is 394 g/mol. The van der Waals surface area contributed by atoms with E-state index in [4.69, 9.17) is 4.98 Å². The molecule has 2 heterocycles. The van der Waals surface area contributed by atoms with Gasteiger partial charge in [0.05, 0.1) is 11.0 Å². The zero-order valence-electron chi connectivity index (χ0n) is 17.2. The Morgan fingerprint density at radius 1 is 0.656 bits per heavy atom. The largest absolute Gasteiger partial charge is 0.506 e. The molecule has 1 N–H and O–H groups in total. The summed E-state index contributed by atoms with van der Waals surface area (Å²) in [6.07, 6.45) is 1.70. The van der Waals surface area contributed by atoms with E-state index in [2.05, 4.69) is 52.0 Å². The molecule has 6 rings (SSSR count). The summed E-state index contributed by atoms with van der Waals surface area (Å²) in [4.78, 5) is 9.28. The smallest absolute Gasteiger partial charge is 0.145 e. The van der Waals surface area contributed by atoms with Crippen LogP contribution in [0, 0.1) is 0 Å². The number of pyridine rings is 1. The first-order valence-corrected chi connectivity index (χ1v) is 10.5. The van der Waals surface area contributed by atoms with E-state index in [1.807, 2.05) is 54.6 Å². The lowest BCUT2D eigenvalue weighted by Gasteiger charge is -2.11. The van der Waals surface area contributed by atoms with Crippen LogP contribution in [0.1, 0.15) is 0 Å². The maximum absolute atomic E-state index is 10.2. The van der Waals surface area contributed by atoms with Crippen molar-refractivity contribution in [2.45, 2.75) is 0 Å². The number of phenols is 1. The summed E-state index contributed by atoms with van der Waals surface area (Å²) in [6.45, 7) is 0. The molecule has 0 saturated carbocycles. The van der Waals surface area contributed by atoms with E-state index in [1.165, 1.54) is 0 Å². The van der Waals surface area contributed by atoms with E-state index in [9.17, 15) is 5.11 Å². The van der Waals surface area contributed by atoms with Gasteiger partial charge in [0.25, 0.3) is 0 Å². The number of para-hydroxylation sites is 3. The Hall–Kier alpha value is -4.44. The van der Waals surface area contributed by atoms with E-state index >= 15 is 0 Å². The predicted octanol–water partition coefficient (Wildman–Crippen LogP) is 6.61. The fourth-order valence-corrected chi connectivity index (χ4v) is 4.27. The highest BCUT2D eigenvalue weighted by Crippen LogP contribution is 2.34. The first kappa shape index (κ1) is 18.3. The fourth-order valence-electron chi connectivity index (χ4n) is 4.27. The molecule has 0 atom stereocenters. The highest BCUT2D eigenvalue weighted by atomic mass is 16.3. The van der Waals surface area contributed by atoms with Crippen molar-refractivity contribution >= 4 is 21.9 Å². The second-order valence-electron chi connectivity index (χ2n) is 7.70. The second kappa shape index (κ2) is 7.36. The van der Waals surface area contributed by atoms with Crippen molar-refractivity contribution in [3.63, 3.8) is 0 Å². The summed E-state index contributed by atoms with van der Waals surface area (Å²) in [7, 11) is 0. The number of aromatic nitrogens is 3. The van der Waals surface area contributed by atoms with Crippen molar-refractivity contribution in [1.29, 1.82) is 0 Å². The summed E-state index contributed by atoms with van der Waals surface area (Å²) in [5.74, 6) is 1.10. The Labute approximate surface area is 185 Å². The van der Waals surface area contributed by atoms with Crippen LogP contribution in [0.25, 0.3) is 50.1 Å². The standard InChI is InChI=1S/C28H19N3O/c32-26-17-16-22(23-9-6-18-29-27(23)26)19-12-14-20(15-13-19)28-30-24-10-4-5-11-25(24)31(28)21-7-2-1-3-8-21/h1-18,32H. The normalized spacial score (nSPS) is 11.2. The molecule has 0 bridgehead atoms. The highest BCUT2D eigenvalue weighted by molar-refractivity contribution is 5.97. The third-order valence-electron chi connectivity index (χ3n) is 5.78. The quantitative estimate of drug-likeness (QED) is 0.355. The maximum atomic E-state index is 10.2. The van der Waals surface area contributed by atoms with Gasteiger partial charge in [-0.15, -0.1) is 0 Å². The molecule has 0 spiro atoms. The molecule has 0 unspecified atom stereocenters. The number of hydrogen-bond acceptors (Lipinski definition) is 3. The zero-order chi connectivity index (χ0) is 21.5. The molecule has 0 amide bonds. The van der Waals surface area contributed by atoms with Gasteiger partial charge in [0.15, 0.2) is 0 Å². The van der Waals surface area contributed by atoms with E-state index in [1.54, 1.807) is 12.3 Å². The van der Waals surface area contributed by atoms with Crippen LogP contribution < -0.4 is 0 Å². The Kier molecular flexibility index (Phi) is 4.22. The van der Waals surface area contributed by atoms with Gasteiger partial charge in [-0.3, -0.25) is 9.55 Å². The number of rotatable bonds is 3. The molecule has 2 aromatic heterocycles. The molecule has 32 heavy (non-hydrogen) atoms. The minimum atomic E-state index is 0.192. The van der Waals surface area contributed by atoms with E-state index in [-0.39, 0.29) is 5.75 Å². The van der Waals surface area contributed by atoms with Crippen molar-refractivity contribution in [3.8, 4) is 34.0 Å². The van der Waals surface area contributed by atoms with Gasteiger partial charge in [0.2, 0.25) is 0 Å². The molecule has 0 fully saturated rings. The van der Waals surface area contributed by atoms with Gasteiger partial charge in [-0.1, -0.05) is 60.7 Å². The van der Waals surface area contributed by atoms with Crippen LogP contribution in [0.4, 0.5) is 0 Å². The lowest BCUT2D eigenvalue weighted by Crippen LogP contribution is -1.97. The van der Waals surface area contributed by atoms with Crippen LogP contribution in [0.15, 0.2) is 109 Å². The van der Waals surface area contributed by atoms with Gasteiger partial charge < -0.3 is 5.11 Å². The summed E-state index contributed by atoms with van der Waals surface area (Å²) < 4.78 is 2.20. The molecule has 6 aromatic rings. The summed E-state index contributed by atoms with van der Waals surface area (Å²) >= 11 is 0. The van der Waals surface area contributed by atoms with E-state index in [0.29, 0.717) is 5.52 Å². The van der Waals surface area contributed by atoms with Gasteiger partial charge in [0.1, 0.15) is 17.1 Å². The Morgan fingerprint density at radius 2 is 1.41 bits per heavy atom. The van der Waals surface area contributed by atoms with Crippen molar-refractivity contribution < 1.29 is 5.11 Å². The molecule has 0 aliphatic rings. The molecule has 0 saturated heterocycles. The topological polar surface area (TPSA) is 50.9 Å². The van der Waals surface area contributed by atoms with Crippen molar-refractivity contribution in [2.75, 3.05) is 0 Å². The maximum Gasteiger partial charge on any atom is 0.145 e. The van der Waals surface area contributed by atoms with Gasteiger partial charge in [-0.2, -0.15) is 0 Å². The third-order valence-corrected chi connectivity index (χ3v) is 5.78. The molecule has 0 aliphatic heterocycles. The summed E-state index contributed by atoms with van der Waals surface area (Å²) in [5, 5.41) is 11.1. The molecule has 4 aromatic carbocycles. The Balaban J connectivity index is 1.50. The monoisotopic (exact) mass is 413 g/mol. The molecule has 0 radical (unpaired) electrons. The van der Waals surface area contributed by atoms with Crippen LogP contribution in [-0.4, -0.2) is 19.6 Å². The van der Waals surface area contributed by atoms with Crippen molar-refractivity contribution in [3.05, 3.63) is 109 Å².